The summed E-state index contributed by atoms with van der Waals surface area (Å²) < 4.78 is 37.7. The maximum Gasteiger partial charge on any atom is 0.326 e. The van der Waals surface area contributed by atoms with Gasteiger partial charge < -0.3 is 14.6 Å². The molecule has 2 unspecified atom stereocenters. The van der Waals surface area contributed by atoms with Crippen molar-refractivity contribution < 1.29 is 27.8 Å². The molecule has 0 saturated heterocycles. The van der Waals surface area contributed by atoms with Gasteiger partial charge in [0.25, 0.3) is 0 Å². The number of nitrogens with one attached hydrogen (secondary N) is 1. The average molecular weight is 444 g/mol. The van der Waals surface area contributed by atoms with E-state index in [0.29, 0.717) is 15.8 Å². The van der Waals surface area contributed by atoms with Crippen LogP contribution in [0.3, 0.4) is 0 Å². The van der Waals surface area contributed by atoms with Gasteiger partial charge in [-0.2, -0.15) is 4.72 Å². The SMILES string of the molecule is COC(=O)C(NS(=O)(=O)c1ccc(Br)cc1)C(O)c1ccc(OC)cc1. The quantitative estimate of drug-likeness (QED) is 0.634. The summed E-state index contributed by atoms with van der Waals surface area (Å²) >= 11 is 3.22. The van der Waals surface area contributed by atoms with Crippen LogP contribution < -0.4 is 9.46 Å². The van der Waals surface area contributed by atoms with Crippen LogP contribution in [0, 0.1) is 0 Å². The molecule has 7 nitrogen and oxygen atoms in total. The maximum atomic E-state index is 12.5. The number of aliphatic hydroxyl groups excluding tert-OH is 1. The zero-order valence-electron chi connectivity index (χ0n) is 14.0. The maximum absolute atomic E-state index is 12.5. The van der Waals surface area contributed by atoms with E-state index in [1.165, 1.54) is 31.4 Å². The molecular formula is C17H18BrNO6S. The highest BCUT2D eigenvalue weighted by Crippen LogP contribution is 2.23. The number of methoxy groups -OCH3 is 2. The first-order chi connectivity index (χ1) is 12.3. The van der Waals surface area contributed by atoms with E-state index < -0.39 is 28.1 Å². The van der Waals surface area contributed by atoms with Crippen molar-refractivity contribution in [1.29, 1.82) is 0 Å². The number of carbonyl (C=O) groups excluding carboxylic acids is 1. The van der Waals surface area contributed by atoms with E-state index in [4.69, 9.17) is 4.74 Å². The molecule has 0 spiro atoms. The lowest BCUT2D eigenvalue weighted by Gasteiger charge is -2.22. The minimum Gasteiger partial charge on any atom is -0.497 e. The van der Waals surface area contributed by atoms with Crippen molar-refractivity contribution in [2.24, 2.45) is 0 Å². The number of sulfonamides is 1. The Kier molecular flexibility index (Phi) is 6.76. The predicted octanol–water partition coefficient (Wildman–Crippen LogP) is 2.01. The molecule has 0 saturated carbocycles. The first-order valence-electron chi connectivity index (χ1n) is 7.46. The molecule has 0 aliphatic heterocycles. The minimum absolute atomic E-state index is 0.0449. The zero-order valence-corrected chi connectivity index (χ0v) is 16.5. The fourth-order valence-electron chi connectivity index (χ4n) is 2.21. The molecule has 140 valence electrons. The third-order valence-corrected chi connectivity index (χ3v) is 5.62. The topological polar surface area (TPSA) is 102 Å². The van der Waals surface area contributed by atoms with Gasteiger partial charge in [0.15, 0.2) is 0 Å². The molecule has 0 aliphatic carbocycles. The van der Waals surface area contributed by atoms with Crippen LogP contribution in [0.15, 0.2) is 57.9 Å². The number of ether oxygens (including phenoxy) is 2. The standard InChI is InChI=1S/C17H18BrNO6S/c1-24-13-7-3-11(4-8-13)16(20)15(17(21)25-2)19-26(22,23)14-9-5-12(18)6-10-14/h3-10,15-16,19-20H,1-2H3. The largest absolute Gasteiger partial charge is 0.497 e. The number of hydrogen-bond donors (Lipinski definition) is 2. The Balaban J connectivity index is 2.31. The highest BCUT2D eigenvalue weighted by Gasteiger charge is 2.33. The van der Waals surface area contributed by atoms with E-state index in [2.05, 4.69) is 25.4 Å². The molecule has 0 aliphatic rings. The van der Waals surface area contributed by atoms with Crippen LogP contribution in [-0.2, 0) is 19.6 Å². The first-order valence-corrected chi connectivity index (χ1v) is 9.74. The molecule has 2 atom stereocenters. The van der Waals surface area contributed by atoms with Crippen molar-refractivity contribution in [1.82, 2.24) is 4.72 Å². The smallest absolute Gasteiger partial charge is 0.326 e. The minimum atomic E-state index is -4.05. The number of halogens is 1. The van der Waals surface area contributed by atoms with Gasteiger partial charge >= 0.3 is 5.97 Å². The van der Waals surface area contributed by atoms with Crippen LogP contribution in [0.4, 0.5) is 0 Å². The summed E-state index contributed by atoms with van der Waals surface area (Å²) in [6.07, 6.45) is -1.45. The molecule has 0 heterocycles. The molecule has 0 radical (unpaired) electrons. The Bertz CT molecular complexity index is 852. The van der Waals surface area contributed by atoms with E-state index in [-0.39, 0.29) is 4.90 Å². The fourth-order valence-corrected chi connectivity index (χ4v) is 3.67. The zero-order chi connectivity index (χ0) is 19.3. The van der Waals surface area contributed by atoms with Gasteiger partial charge in [0, 0.05) is 4.47 Å². The van der Waals surface area contributed by atoms with E-state index in [1.54, 1.807) is 24.3 Å². The highest BCUT2D eigenvalue weighted by molar-refractivity contribution is 9.10. The van der Waals surface area contributed by atoms with Crippen molar-refractivity contribution in [2.45, 2.75) is 17.0 Å². The Morgan fingerprint density at radius 2 is 1.65 bits per heavy atom. The Labute approximate surface area is 160 Å². The fraction of sp³-hybridized carbons (Fsp3) is 0.235. The van der Waals surface area contributed by atoms with Crippen LogP contribution in [0.5, 0.6) is 5.75 Å². The van der Waals surface area contributed by atoms with Gasteiger partial charge in [-0.1, -0.05) is 28.1 Å². The van der Waals surface area contributed by atoms with Crippen molar-refractivity contribution in [3.05, 3.63) is 58.6 Å². The molecular weight excluding hydrogens is 426 g/mol. The third kappa shape index (κ3) is 4.82. The predicted molar refractivity (Wildman–Crippen MR) is 98.2 cm³/mol. The molecule has 0 amide bonds. The molecule has 0 fully saturated rings. The normalized spacial score (nSPS) is 13.7. The van der Waals surface area contributed by atoms with Gasteiger partial charge in [0.05, 0.1) is 19.1 Å². The summed E-state index contributed by atoms with van der Waals surface area (Å²) in [5.74, 6) is -0.347. The second-order valence-corrected chi connectivity index (χ2v) is 7.92. The van der Waals surface area contributed by atoms with Gasteiger partial charge in [0.1, 0.15) is 17.9 Å². The highest BCUT2D eigenvalue weighted by atomic mass is 79.9. The number of benzene rings is 2. The molecule has 2 rings (SSSR count). The van der Waals surface area contributed by atoms with Crippen LogP contribution in [0.2, 0.25) is 0 Å². The molecule has 2 N–H and O–H groups in total. The number of carbonyl (C=O) groups is 1. The lowest BCUT2D eigenvalue weighted by atomic mass is 10.0. The van der Waals surface area contributed by atoms with Crippen LogP contribution in [0.1, 0.15) is 11.7 Å². The third-order valence-electron chi connectivity index (χ3n) is 3.63. The number of esters is 1. The van der Waals surface area contributed by atoms with Gasteiger partial charge in [-0.25, -0.2) is 8.42 Å². The lowest BCUT2D eigenvalue weighted by molar-refractivity contribution is -0.145. The van der Waals surface area contributed by atoms with E-state index >= 15 is 0 Å². The summed E-state index contributed by atoms with van der Waals surface area (Å²) in [6.45, 7) is 0. The Hall–Kier alpha value is -1.94. The molecule has 0 bridgehead atoms. The molecule has 2 aromatic carbocycles. The number of hydrogen-bond acceptors (Lipinski definition) is 6. The van der Waals surface area contributed by atoms with Crippen LogP contribution in [0.25, 0.3) is 0 Å². The second kappa shape index (κ2) is 8.63. The molecule has 0 aromatic heterocycles. The van der Waals surface area contributed by atoms with Crippen molar-refractivity contribution in [3.8, 4) is 5.75 Å². The molecule has 26 heavy (non-hydrogen) atoms. The molecule has 2 aromatic rings. The second-order valence-electron chi connectivity index (χ2n) is 5.29. The molecule has 9 heteroatoms. The number of rotatable bonds is 7. The monoisotopic (exact) mass is 443 g/mol. The Morgan fingerprint density at radius 3 is 2.15 bits per heavy atom. The van der Waals surface area contributed by atoms with Gasteiger partial charge in [-0.05, 0) is 42.0 Å². The Morgan fingerprint density at radius 1 is 1.08 bits per heavy atom. The van der Waals surface area contributed by atoms with Crippen molar-refractivity contribution >= 4 is 31.9 Å². The summed E-state index contributed by atoms with van der Waals surface area (Å²) in [5, 5.41) is 10.5. The van der Waals surface area contributed by atoms with Gasteiger partial charge in [-0.3, -0.25) is 4.79 Å². The van der Waals surface area contributed by atoms with Crippen molar-refractivity contribution in [2.75, 3.05) is 14.2 Å². The summed E-state index contributed by atoms with van der Waals surface area (Å²) in [5.41, 5.74) is 0.333. The number of aliphatic hydroxyl groups is 1. The van der Waals surface area contributed by atoms with Crippen LogP contribution in [-0.4, -0.2) is 39.8 Å². The van der Waals surface area contributed by atoms with Gasteiger partial charge in [0.2, 0.25) is 10.0 Å². The van der Waals surface area contributed by atoms with E-state index in [0.717, 1.165) is 7.11 Å². The van der Waals surface area contributed by atoms with Gasteiger partial charge in [-0.15, -0.1) is 0 Å². The first kappa shape index (κ1) is 20.4. The average Bonchev–Trinajstić information content (AvgIpc) is 2.65. The lowest BCUT2D eigenvalue weighted by Crippen LogP contribution is -2.45. The summed E-state index contributed by atoms with van der Waals surface area (Å²) in [4.78, 5) is 12.0. The van der Waals surface area contributed by atoms with E-state index in [1.807, 2.05) is 0 Å². The van der Waals surface area contributed by atoms with E-state index in [9.17, 15) is 18.3 Å². The van der Waals surface area contributed by atoms with Crippen molar-refractivity contribution in [3.63, 3.8) is 0 Å². The van der Waals surface area contributed by atoms with Crippen LogP contribution >= 0.6 is 15.9 Å². The summed E-state index contributed by atoms with van der Waals surface area (Å²) in [7, 11) is -1.44. The summed E-state index contributed by atoms with van der Waals surface area (Å²) in [6, 6.07) is 10.6.